The summed E-state index contributed by atoms with van der Waals surface area (Å²) in [4.78, 5) is 28.2. The van der Waals surface area contributed by atoms with Gasteiger partial charge < -0.3 is 15.2 Å². The number of nitrogens with zero attached hydrogens (tertiary/aromatic N) is 4. The van der Waals surface area contributed by atoms with Gasteiger partial charge in [-0.2, -0.15) is 9.97 Å². The molecule has 0 saturated carbocycles. The Bertz CT molecular complexity index is 681. The average Bonchev–Trinajstić information content (AvgIpc) is 2.36. The van der Waals surface area contributed by atoms with E-state index in [1.54, 1.807) is 27.7 Å². The molecule has 8 heteroatoms. The van der Waals surface area contributed by atoms with Crippen LogP contribution in [0.1, 0.15) is 38.2 Å². The van der Waals surface area contributed by atoms with E-state index in [4.69, 9.17) is 15.2 Å². The van der Waals surface area contributed by atoms with Crippen molar-refractivity contribution in [2.24, 2.45) is 0 Å². The van der Waals surface area contributed by atoms with E-state index in [0.717, 1.165) is 0 Å². The summed E-state index contributed by atoms with van der Waals surface area (Å²) in [6.07, 6.45) is 1.29. The number of ether oxygens (including phenoxy) is 2. The molecule has 0 radical (unpaired) electrons. The third-order valence-corrected chi connectivity index (χ3v) is 2.28. The lowest BCUT2D eigenvalue weighted by Gasteiger charge is -2.19. The van der Waals surface area contributed by atoms with Gasteiger partial charge in [-0.05, 0) is 27.7 Å². The number of fused-ring (bicyclic) bond motifs is 1. The third-order valence-electron chi connectivity index (χ3n) is 2.28. The van der Waals surface area contributed by atoms with Crippen LogP contribution < -0.4 is 10.5 Å². The van der Waals surface area contributed by atoms with Crippen molar-refractivity contribution in [3.05, 3.63) is 11.9 Å². The van der Waals surface area contributed by atoms with Crippen LogP contribution in [0.3, 0.4) is 0 Å². The van der Waals surface area contributed by atoms with Gasteiger partial charge in [-0.3, -0.25) is 0 Å². The van der Waals surface area contributed by atoms with Gasteiger partial charge in [-0.25, -0.2) is 14.8 Å². The summed E-state index contributed by atoms with van der Waals surface area (Å²) >= 11 is 0. The third kappa shape index (κ3) is 3.53. The van der Waals surface area contributed by atoms with Crippen molar-refractivity contribution >= 4 is 23.1 Å². The Kier molecular flexibility index (Phi) is 3.88. The summed E-state index contributed by atoms with van der Waals surface area (Å²) in [7, 11) is 0. The van der Waals surface area contributed by atoms with E-state index < -0.39 is 11.6 Å². The maximum Gasteiger partial charge on any atom is 0.359 e. The van der Waals surface area contributed by atoms with Crippen LogP contribution in [0.25, 0.3) is 11.2 Å². The van der Waals surface area contributed by atoms with Gasteiger partial charge in [-0.15, -0.1) is 0 Å². The van der Waals surface area contributed by atoms with Gasteiger partial charge in [0.15, 0.2) is 16.9 Å². The summed E-state index contributed by atoms with van der Waals surface area (Å²) in [5.41, 5.74) is 5.55. The minimum Gasteiger partial charge on any atom is -0.476 e. The zero-order valence-corrected chi connectivity index (χ0v) is 12.4. The first kappa shape index (κ1) is 14.9. The number of hydrogen-bond donors (Lipinski definition) is 1. The van der Waals surface area contributed by atoms with Crippen molar-refractivity contribution in [1.82, 2.24) is 19.9 Å². The molecule has 0 atom stereocenters. The predicted octanol–water partition coefficient (Wildman–Crippen LogP) is 1.36. The molecule has 0 saturated heterocycles. The van der Waals surface area contributed by atoms with Crippen molar-refractivity contribution in [2.75, 3.05) is 12.3 Å². The van der Waals surface area contributed by atoms with Gasteiger partial charge in [0.2, 0.25) is 11.8 Å². The molecule has 2 aromatic heterocycles. The second-order valence-corrected chi connectivity index (χ2v) is 5.25. The molecule has 2 heterocycles. The zero-order valence-electron chi connectivity index (χ0n) is 12.4. The van der Waals surface area contributed by atoms with Crippen molar-refractivity contribution < 1.29 is 14.3 Å². The number of rotatable bonds is 3. The molecule has 2 aromatic rings. The van der Waals surface area contributed by atoms with E-state index in [2.05, 4.69) is 19.9 Å². The summed E-state index contributed by atoms with van der Waals surface area (Å²) < 4.78 is 10.6. The highest BCUT2D eigenvalue weighted by Gasteiger charge is 2.21. The molecular formula is C13H17N5O3. The quantitative estimate of drug-likeness (QED) is 0.843. The van der Waals surface area contributed by atoms with E-state index in [1.807, 2.05) is 0 Å². The molecule has 0 unspecified atom stereocenters. The summed E-state index contributed by atoms with van der Waals surface area (Å²) in [5, 5.41) is 0. The monoisotopic (exact) mass is 291 g/mol. The van der Waals surface area contributed by atoms with Crippen LogP contribution in [-0.2, 0) is 4.74 Å². The molecule has 0 aliphatic carbocycles. The molecular weight excluding hydrogens is 274 g/mol. The fourth-order valence-corrected chi connectivity index (χ4v) is 1.56. The highest BCUT2D eigenvalue weighted by Crippen LogP contribution is 2.20. The standard InChI is InChI=1S/C13H17N5O3/c1-5-20-10-8-9(17-12(14)18-10)15-6-7(16-8)11(19)21-13(2,3)4/h6H,5H2,1-4H3,(H2,14,15,17,18). The number of hydrogen-bond acceptors (Lipinski definition) is 8. The zero-order chi connectivity index (χ0) is 15.6. The highest BCUT2D eigenvalue weighted by molar-refractivity contribution is 5.90. The molecule has 0 bridgehead atoms. The van der Waals surface area contributed by atoms with Crippen molar-refractivity contribution in [3.63, 3.8) is 0 Å². The Hall–Kier alpha value is -2.51. The Labute approximate surface area is 121 Å². The van der Waals surface area contributed by atoms with Gasteiger partial charge in [0.1, 0.15) is 5.60 Å². The molecule has 0 aromatic carbocycles. The topological polar surface area (TPSA) is 113 Å². The van der Waals surface area contributed by atoms with Gasteiger partial charge in [0, 0.05) is 0 Å². The van der Waals surface area contributed by atoms with Crippen molar-refractivity contribution in [3.8, 4) is 5.88 Å². The van der Waals surface area contributed by atoms with Crippen LogP contribution in [0, 0.1) is 0 Å². The molecule has 112 valence electrons. The first-order valence-corrected chi connectivity index (χ1v) is 6.46. The van der Waals surface area contributed by atoms with E-state index in [9.17, 15) is 4.79 Å². The molecule has 0 fully saturated rings. The van der Waals surface area contributed by atoms with Gasteiger partial charge >= 0.3 is 5.97 Å². The second-order valence-electron chi connectivity index (χ2n) is 5.25. The van der Waals surface area contributed by atoms with Crippen molar-refractivity contribution in [2.45, 2.75) is 33.3 Å². The largest absolute Gasteiger partial charge is 0.476 e. The number of aromatic nitrogens is 4. The summed E-state index contributed by atoms with van der Waals surface area (Å²) in [6, 6.07) is 0. The fourth-order valence-electron chi connectivity index (χ4n) is 1.56. The van der Waals surface area contributed by atoms with Gasteiger partial charge in [0.05, 0.1) is 12.8 Å². The van der Waals surface area contributed by atoms with Crippen molar-refractivity contribution in [1.29, 1.82) is 0 Å². The average molecular weight is 291 g/mol. The molecule has 0 aliphatic heterocycles. The normalized spacial score (nSPS) is 11.4. The van der Waals surface area contributed by atoms with Crippen LogP contribution in [0.15, 0.2) is 6.20 Å². The summed E-state index contributed by atoms with van der Waals surface area (Å²) in [5.74, 6) is -0.348. The molecule has 2 rings (SSSR count). The second kappa shape index (κ2) is 5.47. The maximum absolute atomic E-state index is 12.0. The minimum atomic E-state index is -0.617. The number of carbonyl (C=O) groups is 1. The van der Waals surface area contributed by atoms with Crippen LogP contribution in [0.2, 0.25) is 0 Å². The lowest BCUT2D eigenvalue weighted by molar-refractivity contribution is 0.00628. The SMILES string of the molecule is CCOc1nc(N)nc2ncc(C(=O)OC(C)(C)C)nc12. The highest BCUT2D eigenvalue weighted by atomic mass is 16.6. The number of esters is 1. The van der Waals surface area contributed by atoms with E-state index in [1.165, 1.54) is 6.20 Å². The van der Waals surface area contributed by atoms with Crippen LogP contribution in [0.4, 0.5) is 5.95 Å². The van der Waals surface area contributed by atoms with Gasteiger partial charge in [0.25, 0.3) is 0 Å². The Morgan fingerprint density at radius 3 is 2.62 bits per heavy atom. The first-order chi connectivity index (χ1) is 9.80. The minimum absolute atomic E-state index is 0.0327. The van der Waals surface area contributed by atoms with E-state index in [0.29, 0.717) is 6.61 Å². The fraction of sp³-hybridized carbons (Fsp3) is 0.462. The Balaban J connectivity index is 2.47. The molecule has 0 aliphatic rings. The van der Waals surface area contributed by atoms with Crippen LogP contribution >= 0.6 is 0 Å². The summed E-state index contributed by atoms with van der Waals surface area (Å²) in [6.45, 7) is 7.50. The lowest BCUT2D eigenvalue weighted by atomic mass is 10.2. The number of nitrogens with two attached hydrogens (primary N) is 1. The molecule has 0 spiro atoms. The van der Waals surface area contributed by atoms with Crippen LogP contribution in [0.5, 0.6) is 5.88 Å². The number of nitrogen functional groups attached to an aromatic ring is 1. The van der Waals surface area contributed by atoms with Gasteiger partial charge in [-0.1, -0.05) is 0 Å². The Morgan fingerprint density at radius 1 is 1.29 bits per heavy atom. The molecule has 21 heavy (non-hydrogen) atoms. The molecule has 0 amide bonds. The number of anilines is 1. The van der Waals surface area contributed by atoms with E-state index >= 15 is 0 Å². The predicted molar refractivity (Wildman–Crippen MR) is 75.9 cm³/mol. The van der Waals surface area contributed by atoms with Crippen LogP contribution in [-0.4, -0.2) is 38.1 Å². The first-order valence-electron chi connectivity index (χ1n) is 6.46. The molecule has 2 N–H and O–H groups in total. The maximum atomic E-state index is 12.0. The van der Waals surface area contributed by atoms with E-state index in [-0.39, 0.29) is 28.7 Å². The number of carbonyl (C=O) groups excluding carboxylic acids is 1. The lowest BCUT2D eigenvalue weighted by Crippen LogP contribution is -2.24. The smallest absolute Gasteiger partial charge is 0.359 e. The molecule has 8 nitrogen and oxygen atoms in total. The Morgan fingerprint density at radius 2 is 2.00 bits per heavy atom.